The molecule has 0 aliphatic carbocycles. The Balaban J connectivity index is 1.63. The largest absolute Gasteiger partial charge is 0.216 e. The Bertz CT molecular complexity index is 950. The fourth-order valence-electron chi connectivity index (χ4n) is 2.27. The summed E-state index contributed by atoms with van der Waals surface area (Å²) in [4.78, 5) is 2.02. The number of thiophene rings is 1. The zero-order valence-corrected chi connectivity index (χ0v) is 16.2. The topological polar surface area (TPSA) is 46.2 Å². The van der Waals surface area contributed by atoms with E-state index in [0.29, 0.717) is 15.6 Å². The van der Waals surface area contributed by atoms with Crippen molar-refractivity contribution < 1.29 is 8.42 Å². The van der Waals surface area contributed by atoms with Crippen molar-refractivity contribution >= 4 is 44.6 Å². The van der Waals surface area contributed by atoms with Crippen molar-refractivity contribution in [3.63, 3.8) is 0 Å². The average molecular weight is 412 g/mol. The van der Waals surface area contributed by atoms with E-state index >= 15 is 0 Å². The first kappa shape index (κ1) is 18.4. The SMILES string of the molecule is O=S(=O)(Cc1ccc(Cl)cc1)NCc1ccc(-c2ccc(Cl)cc2)s1. The van der Waals surface area contributed by atoms with Gasteiger partial charge in [0, 0.05) is 26.3 Å². The molecule has 1 heterocycles. The molecule has 1 aromatic heterocycles. The van der Waals surface area contributed by atoms with Crippen LogP contribution in [0.5, 0.6) is 0 Å². The van der Waals surface area contributed by atoms with Crippen LogP contribution in [0.4, 0.5) is 0 Å². The van der Waals surface area contributed by atoms with E-state index in [1.165, 1.54) is 0 Å². The molecule has 3 aromatic rings. The quantitative estimate of drug-likeness (QED) is 0.594. The third kappa shape index (κ3) is 5.30. The van der Waals surface area contributed by atoms with Gasteiger partial charge in [-0.25, -0.2) is 13.1 Å². The van der Waals surface area contributed by atoms with Crippen molar-refractivity contribution in [2.45, 2.75) is 12.3 Å². The Morgan fingerprint density at radius 3 is 2.08 bits per heavy atom. The summed E-state index contributed by atoms with van der Waals surface area (Å²) in [6.45, 7) is 0.272. The van der Waals surface area contributed by atoms with Crippen LogP contribution in [0.3, 0.4) is 0 Å². The van der Waals surface area contributed by atoms with Gasteiger partial charge in [0.05, 0.1) is 5.75 Å². The molecular weight excluding hydrogens is 397 g/mol. The molecule has 0 aliphatic heterocycles. The van der Waals surface area contributed by atoms with Crippen LogP contribution in [0.2, 0.25) is 10.0 Å². The van der Waals surface area contributed by atoms with E-state index in [4.69, 9.17) is 23.2 Å². The maximum Gasteiger partial charge on any atom is 0.216 e. The minimum Gasteiger partial charge on any atom is -0.212 e. The zero-order valence-electron chi connectivity index (χ0n) is 13.1. The number of benzene rings is 2. The number of hydrogen-bond acceptors (Lipinski definition) is 3. The normalized spacial score (nSPS) is 11.6. The zero-order chi connectivity index (χ0) is 17.9. The number of nitrogens with one attached hydrogen (secondary N) is 1. The summed E-state index contributed by atoms with van der Waals surface area (Å²) in [7, 11) is -3.41. The first-order valence-corrected chi connectivity index (χ1v) is 10.7. The molecule has 2 aromatic carbocycles. The lowest BCUT2D eigenvalue weighted by molar-refractivity contribution is 0.581. The van der Waals surface area contributed by atoms with Gasteiger partial charge >= 0.3 is 0 Å². The van der Waals surface area contributed by atoms with E-state index < -0.39 is 10.0 Å². The Hall–Kier alpha value is -1.37. The summed E-state index contributed by atoms with van der Waals surface area (Å²) in [5.74, 6) is -0.0699. The highest BCUT2D eigenvalue weighted by Gasteiger charge is 2.12. The van der Waals surface area contributed by atoms with Crippen molar-refractivity contribution in [2.24, 2.45) is 0 Å². The van der Waals surface area contributed by atoms with Crippen LogP contribution < -0.4 is 4.72 Å². The number of hydrogen-bond donors (Lipinski definition) is 1. The summed E-state index contributed by atoms with van der Waals surface area (Å²) in [6.07, 6.45) is 0. The van der Waals surface area contributed by atoms with Crippen LogP contribution in [-0.4, -0.2) is 8.42 Å². The van der Waals surface area contributed by atoms with Gasteiger partial charge in [-0.05, 0) is 47.5 Å². The molecule has 3 nitrogen and oxygen atoms in total. The molecule has 0 spiro atoms. The number of rotatable bonds is 6. The second-order valence-electron chi connectivity index (χ2n) is 5.48. The average Bonchev–Trinajstić information content (AvgIpc) is 3.05. The molecule has 0 atom stereocenters. The van der Waals surface area contributed by atoms with Gasteiger partial charge in [-0.2, -0.15) is 0 Å². The standard InChI is InChI=1S/C18H15Cl2NO2S2/c19-15-5-1-13(2-6-15)12-25(22,23)21-11-17-9-10-18(24-17)14-3-7-16(20)8-4-14/h1-10,21H,11-12H2. The van der Waals surface area contributed by atoms with E-state index in [1.807, 2.05) is 36.4 Å². The highest BCUT2D eigenvalue weighted by molar-refractivity contribution is 7.88. The smallest absolute Gasteiger partial charge is 0.212 e. The molecule has 0 saturated heterocycles. The van der Waals surface area contributed by atoms with Crippen molar-refractivity contribution in [3.05, 3.63) is 81.1 Å². The van der Waals surface area contributed by atoms with E-state index in [2.05, 4.69) is 4.72 Å². The molecule has 0 aliphatic rings. The maximum atomic E-state index is 12.2. The van der Waals surface area contributed by atoms with Gasteiger partial charge in [-0.1, -0.05) is 47.5 Å². The molecule has 7 heteroatoms. The van der Waals surface area contributed by atoms with E-state index in [-0.39, 0.29) is 12.3 Å². The molecule has 130 valence electrons. The molecule has 1 N–H and O–H groups in total. The van der Waals surface area contributed by atoms with Gasteiger partial charge in [-0.3, -0.25) is 0 Å². The second-order valence-corrected chi connectivity index (χ2v) is 9.33. The molecule has 0 amide bonds. The fraction of sp³-hybridized carbons (Fsp3) is 0.111. The lowest BCUT2D eigenvalue weighted by Gasteiger charge is -2.06. The Kier molecular flexibility index (Phi) is 5.81. The molecular formula is C18H15Cl2NO2S2. The third-order valence-electron chi connectivity index (χ3n) is 3.53. The molecule has 0 saturated carbocycles. The summed E-state index contributed by atoms with van der Waals surface area (Å²) < 4.78 is 27.1. The Morgan fingerprint density at radius 1 is 0.840 bits per heavy atom. The van der Waals surface area contributed by atoms with Gasteiger partial charge in [-0.15, -0.1) is 11.3 Å². The van der Waals surface area contributed by atoms with Crippen LogP contribution in [0, 0.1) is 0 Å². The van der Waals surface area contributed by atoms with Crippen LogP contribution >= 0.6 is 34.5 Å². The van der Waals surface area contributed by atoms with Crippen LogP contribution in [0.25, 0.3) is 10.4 Å². The van der Waals surface area contributed by atoms with Gasteiger partial charge in [0.15, 0.2) is 0 Å². The predicted octanol–water partition coefficient (Wildman–Crippen LogP) is 5.34. The highest BCUT2D eigenvalue weighted by atomic mass is 35.5. The first-order valence-electron chi connectivity index (χ1n) is 7.48. The van der Waals surface area contributed by atoms with E-state index in [9.17, 15) is 8.42 Å². The molecule has 0 radical (unpaired) electrons. The predicted molar refractivity (Wildman–Crippen MR) is 106 cm³/mol. The summed E-state index contributed by atoms with van der Waals surface area (Å²) in [6, 6.07) is 18.3. The Labute approximate surface area is 161 Å². The maximum absolute atomic E-state index is 12.2. The van der Waals surface area contributed by atoms with Gasteiger partial charge in [0.25, 0.3) is 0 Å². The van der Waals surface area contributed by atoms with Crippen molar-refractivity contribution in [1.82, 2.24) is 4.72 Å². The van der Waals surface area contributed by atoms with Gasteiger partial charge in [0.2, 0.25) is 10.0 Å². The minimum absolute atomic E-state index is 0.0699. The number of sulfonamides is 1. The molecule has 0 unspecified atom stereocenters. The first-order chi connectivity index (χ1) is 11.9. The van der Waals surface area contributed by atoms with E-state index in [1.54, 1.807) is 35.6 Å². The van der Waals surface area contributed by atoms with Crippen molar-refractivity contribution in [2.75, 3.05) is 0 Å². The second kappa shape index (κ2) is 7.89. The van der Waals surface area contributed by atoms with Crippen molar-refractivity contribution in [1.29, 1.82) is 0 Å². The summed E-state index contributed by atoms with van der Waals surface area (Å²) >= 11 is 13.3. The third-order valence-corrected chi connectivity index (χ3v) is 6.46. The Morgan fingerprint density at radius 2 is 1.44 bits per heavy atom. The van der Waals surface area contributed by atoms with E-state index in [0.717, 1.165) is 15.3 Å². The summed E-state index contributed by atoms with van der Waals surface area (Å²) in [5, 5.41) is 1.28. The lowest BCUT2D eigenvalue weighted by atomic mass is 10.2. The van der Waals surface area contributed by atoms with Crippen LogP contribution in [-0.2, 0) is 22.3 Å². The lowest BCUT2D eigenvalue weighted by Crippen LogP contribution is -2.24. The molecule has 0 bridgehead atoms. The van der Waals surface area contributed by atoms with Crippen LogP contribution in [0.15, 0.2) is 60.7 Å². The number of halogens is 2. The fourth-order valence-corrected chi connectivity index (χ4v) is 4.68. The van der Waals surface area contributed by atoms with Crippen LogP contribution in [0.1, 0.15) is 10.4 Å². The molecule has 3 rings (SSSR count). The highest BCUT2D eigenvalue weighted by Crippen LogP contribution is 2.29. The van der Waals surface area contributed by atoms with Crippen molar-refractivity contribution in [3.8, 4) is 10.4 Å². The monoisotopic (exact) mass is 411 g/mol. The minimum atomic E-state index is -3.41. The van der Waals surface area contributed by atoms with Gasteiger partial charge < -0.3 is 0 Å². The molecule has 25 heavy (non-hydrogen) atoms. The van der Waals surface area contributed by atoms with Gasteiger partial charge in [0.1, 0.15) is 0 Å². The summed E-state index contributed by atoms with van der Waals surface area (Å²) in [5.41, 5.74) is 1.76. The molecule has 0 fully saturated rings.